The first-order valence-electron chi connectivity index (χ1n) is 7.75. The first kappa shape index (κ1) is 19.0. The second kappa shape index (κ2) is 8.13. The van der Waals surface area contributed by atoms with Gasteiger partial charge >= 0.3 is 5.97 Å². The number of methoxy groups -OCH3 is 1. The van der Waals surface area contributed by atoms with Gasteiger partial charge in [0.2, 0.25) is 10.0 Å². The molecule has 0 bridgehead atoms. The molecular weight excluding hydrogens is 342 g/mol. The van der Waals surface area contributed by atoms with E-state index in [1.165, 1.54) is 19.2 Å². The zero-order chi connectivity index (χ0) is 18.4. The molecule has 0 amide bonds. The minimum absolute atomic E-state index is 0.0218. The first-order chi connectivity index (χ1) is 11.8. The van der Waals surface area contributed by atoms with Crippen molar-refractivity contribution < 1.29 is 22.7 Å². The fraction of sp³-hybridized carbons (Fsp3) is 0.278. The zero-order valence-corrected chi connectivity index (χ0v) is 15.2. The highest BCUT2D eigenvalue weighted by atomic mass is 32.2. The summed E-state index contributed by atoms with van der Waals surface area (Å²) in [6.45, 7) is 3.92. The minimum Gasteiger partial charge on any atom is -0.491 e. The van der Waals surface area contributed by atoms with Crippen LogP contribution in [0.1, 0.15) is 29.8 Å². The summed E-state index contributed by atoms with van der Waals surface area (Å²) >= 11 is 0. The molecule has 0 fully saturated rings. The van der Waals surface area contributed by atoms with Gasteiger partial charge in [-0.05, 0) is 55.8 Å². The molecule has 6 nitrogen and oxygen atoms in total. The lowest BCUT2D eigenvalue weighted by Crippen LogP contribution is -2.23. The number of esters is 1. The molecule has 7 heteroatoms. The monoisotopic (exact) mass is 363 g/mol. The third-order valence-corrected chi connectivity index (χ3v) is 4.76. The van der Waals surface area contributed by atoms with Crippen molar-refractivity contribution in [3.8, 4) is 5.75 Å². The van der Waals surface area contributed by atoms with Gasteiger partial charge in [-0.25, -0.2) is 17.9 Å². The van der Waals surface area contributed by atoms with Crippen molar-refractivity contribution in [2.45, 2.75) is 31.4 Å². The number of hydrogen-bond donors (Lipinski definition) is 1. The second-order valence-electron chi connectivity index (χ2n) is 5.65. The molecule has 134 valence electrons. The SMILES string of the molecule is COC(=O)c1ccc(CNS(=O)(=O)c2ccc(OC(C)C)cc2)cc1. The lowest BCUT2D eigenvalue weighted by molar-refractivity contribution is 0.0600. The van der Waals surface area contributed by atoms with Gasteiger partial charge in [0, 0.05) is 6.54 Å². The molecule has 2 aromatic rings. The van der Waals surface area contributed by atoms with Gasteiger partial charge < -0.3 is 9.47 Å². The molecule has 1 N–H and O–H groups in total. The van der Waals surface area contributed by atoms with Crippen LogP contribution in [0.2, 0.25) is 0 Å². The van der Waals surface area contributed by atoms with Gasteiger partial charge in [0.25, 0.3) is 0 Å². The van der Waals surface area contributed by atoms with Crippen LogP contribution >= 0.6 is 0 Å². The molecule has 0 unspecified atom stereocenters. The fourth-order valence-electron chi connectivity index (χ4n) is 2.11. The van der Waals surface area contributed by atoms with Gasteiger partial charge in [-0.2, -0.15) is 0 Å². The standard InChI is InChI=1S/C18H21NO5S/c1-13(2)24-16-8-10-17(11-9-16)25(21,22)19-12-14-4-6-15(7-5-14)18(20)23-3/h4-11,13,19H,12H2,1-3H3. The van der Waals surface area contributed by atoms with Crippen LogP contribution in [-0.4, -0.2) is 27.6 Å². The Morgan fingerprint density at radius 2 is 1.64 bits per heavy atom. The van der Waals surface area contributed by atoms with Crippen molar-refractivity contribution in [2.75, 3.05) is 7.11 Å². The van der Waals surface area contributed by atoms with Crippen LogP contribution in [-0.2, 0) is 21.3 Å². The number of rotatable bonds is 7. The number of carbonyl (C=O) groups is 1. The number of sulfonamides is 1. The largest absolute Gasteiger partial charge is 0.491 e. The number of nitrogens with one attached hydrogen (secondary N) is 1. The van der Waals surface area contributed by atoms with E-state index in [1.807, 2.05) is 13.8 Å². The van der Waals surface area contributed by atoms with Gasteiger partial charge in [0.15, 0.2) is 0 Å². The Morgan fingerprint density at radius 1 is 1.04 bits per heavy atom. The summed E-state index contributed by atoms with van der Waals surface area (Å²) in [7, 11) is -2.32. The Labute approximate surface area is 147 Å². The Bertz CT molecular complexity index is 812. The van der Waals surface area contributed by atoms with E-state index in [9.17, 15) is 13.2 Å². The van der Waals surface area contributed by atoms with E-state index in [2.05, 4.69) is 9.46 Å². The second-order valence-corrected chi connectivity index (χ2v) is 7.42. The number of carbonyl (C=O) groups excluding carboxylic acids is 1. The normalized spacial score (nSPS) is 11.4. The molecule has 0 radical (unpaired) electrons. The van der Waals surface area contributed by atoms with Crippen molar-refractivity contribution in [1.82, 2.24) is 4.72 Å². The molecule has 0 aliphatic rings. The zero-order valence-electron chi connectivity index (χ0n) is 14.4. The predicted molar refractivity (Wildman–Crippen MR) is 94.0 cm³/mol. The Kier molecular flexibility index (Phi) is 6.17. The van der Waals surface area contributed by atoms with E-state index < -0.39 is 16.0 Å². The number of benzene rings is 2. The molecule has 2 rings (SSSR count). The average Bonchev–Trinajstić information content (AvgIpc) is 2.60. The molecule has 2 aromatic carbocycles. The lowest BCUT2D eigenvalue weighted by atomic mass is 10.1. The number of ether oxygens (including phenoxy) is 2. The van der Waals surface area contributed by atoms with Gasteiger partial charge in [0.05, 0.1) is 23.7 Å². The van der Waals surface area contributed by atoms with Crippen LogP contribution in [0.3, 0.4) is 0 Å². The third kappa shape index (κ3) is 5.30. The summed E-state index contributed by atoms with van der Waals surface area (Å²) in [4.78, 5) is 11.5. The number of hydrogen-bond acceptors (Lipinski definition) is 5. The molecule has 0 aliphatic heterocycles. The van der Waals surface area contributed by atoms with Crippen LogP contribution in [0.4, 0.5) is 0 Å². The molecule has 0 atom stereocenters. The maximum absolute atomic E-state index is 12.3. The molecule has 25 heavy (non-hydrogen) atoms. The van der Waals surface area contributed by atoms with E-state index >= 15 is 0 Å². The summed E-state index contributed by atoms with van der Waals surface area (Å²) < 4.78 is 37.3. The summed E-state index contributed by atoms with van der Waals surface area (Å²) in [6.07, 6.45) is 0.0218. The molecule has 0 aromatic heterocycles. The quantitative estimate of drug-likeness (QED) is 0.765. The average molecular weight is 363 g/mol. The van der Waals surface area contributed by atoms with Crippen molar-refractivity contribution in [3.05, 3.63) is 59.7 Å². The van der Waals surface area contributed by atoms with Crippen LogP contribution in [0.15, 0.2) is 53.4 Å². The van der Waals surface area contributed by atoms with Crippen LogP contribution in [0.25, 0.3) is 0 Å². The van der Waals surface area contributed by atoms with Crippen molar-refractivity contribution in [3.63, 3.8) is 0 Å². The maximum atomic E-state index is 12.3. The van der Waals surface area contributed by atoms with E-state index in [4.69, 9.17) is 4.74 Å². The van der Waals surface area contributed by atoms with Crippen molar-refractivity contribution >= 4 is 16.0 Å². The van der Waals surface area contributed by atoms with Gasteiger partial charge in [-0.1, -0.05) is 12.1 Å². The lowest BCUT2D eigenvalue weighted by Gasteiger charge is -2.11. The maximum Gasteiger partial charge on any atom is 0.337 e. The molecule has 0 saturated carbocycles. The van der Waals surface area contributed by atoms with Crippen LogP contribution in [0, 0.1) is 0 Å². The summed E-state index contributed by atoms with van der Waals surface area (Å²) in [5.74, 6) is 0.184. The van der Waals surface area contributed by atoms with Gasteiger partial charge in [0.1, 0.15) is 5.75 Å². The molecule has 0 saturated heterocycles. The molecule has 0 heterocycles. The third-order valence-electron chi connectivity index (χ3n) is 3.35. The minimum atomic E-state index is -3.63. The summed E-state index contributed by atoms with van der Waals surface area (Å²) in [5.41, 5.74) is 1.14. The highest BCUT2D eigenvalue weighted by Gasteiger charge is 2.14. The highest BCUT2D eigenvalue weighted by Crippen LogP contribution is 2.17. The Morgan fingerprint density at radius 3 is 2.16 bits per heavy atom. The Hall–Kier alpha value is -2.38. The van der Waals surface area contributed by atoms with E-state index in [1.54, 1.807) is 36.4 Å². The Balaban J connectivity index is 2.02. The van der Waals surface area contributed by atoms with E-state index in [0.717, 1.165) is 5.56 Å². The van der Waals surface area contributed by atoms with Gasteiger partial charge in [-0.15, -0.1) is 0 Å². The fourth-order valence-corrected chi connectivity index (χ4v) is 3.13. The van der Waals surface area contributed by atoms with E-state index in [0.29, 0.717) is 11.3 Å². The summed E-state index contributed by atoms with van der Waals surface area (Å²) in [5, 5.41) is 0. The predicted octanol–water partition coefficient (Wildman–Crippen LogP) is 2.74. The highest BCUT2D eigenvalue weighted by molar-refractivity contribution is 7.89. The smallest absolute Gasteiger partial charge is 0.337 e. The van der Waals surface area contributed by atoms with Crippen molar-refractivity contribution in [1.29, 1.82) is 0 Å². The van der Waals surface area contributed by atoms with Crippen LogP contribution < -0.4 is 9.46 Å². The first-order valence-corrected chi connectivity index (χ1v) is 9.24. The molecular formula is C18H21NO5S. The molecule has 0 spiro atoms. The topological polar surface area (TPSA) is 81.7 Å². The van der Waals surface area contributed by atoms with Crippen molar-refractivity contribution in [2.24, 2.45) is 0 Å². The van der Waals surface area contributed by atoms with Gasteiger partial charge in [-0.3, -0.25) is 0 Å². The molecule has 0 aliphatic carbocycles. The van der Waals surface area contributed by atoms with Crippen LogP contribution in [0.5, 0.6) is 5.75 Å². The van der Waals surface area contributed by atoms with E-state index in [-0.39, 0.29) is 17.5 Å². The summed E-state index contributed by atoms with van der Waals surface area (Å²) in [6, 6.07) is 12.8.